The predicted octanol–water partition coefficient (Wildman–Crippen LogP) is 5.21. The van der Waals surface area contributed by atoms with E-state index in [1.165, 1.54) is 0 Å². The molecular formula is C17H26F3NO2. The summed E-state index contributed by atoms with van der Waals surface area (Å²) in [6.45, 7) is 5.51. The molecule has 2 bridgehead atoms. The Kier molecular flexibility index (Phi) is 5.31. The molecule has 6 heteroatoms. The van der Waals surface area contributed by atoms with E-state index in [1.54, 1.807) is 4.90 Å². The Morgan fingerprint density at radius 1 is 1.30 bits per heavy atom. The number of ether oxygens (including phenoxy) is 1. The largest absolute Gasteiger partial charge is 0.444 e. The molecule has 0 aromatic carbocycles. The first-order chi connectivity index (χ1) is 10.6. The van der Waals surface area contributed by atoms with E-state index in [0.29, 0.717) is 12.8 Å². The molecule has 0 saturated carbocycles. The van der Waals surface area contributed by atoms with Gasteiger partial charge in [0.05, 0.1) is 6.04 Å². The average Bonchev–Trinajstić information content (AvgIpc) is 2.33. The molecule has 0 aliphatic carbocycles. The van der Waals surface area contributed by atoms with Crippen LogP contribution in [-0.4, -0.2) is 34.9 Å². The van der Waals surface area contributed by atoms with Gasteiger partial charge in [-0.3, -0.25) is 4.90 Å². The molecule has 3 nitrogen and oxygen atoms in total. The number of carbonyl (C=O) groups excluding carboxylic acids is 1. The Hall–Kier alpha value is -1.20. The van der Waals surface area contributed by atoms with Crippen LogP contribution in [0.5, 0.6) is 0 Å². The Bertz CT molecular complexity index is 465. The maximum absolute atomic E-state index is 12.4. The van der Waals surface area contributed by atoms with Crippen LogP contribution in [0.25, 0.3) is 0 Å². The maximum atomic E-state index is 12.4. The van der Waals surface area contributed by atoms with E-state index in [-0.39, 0.29) is 24.6 Å². The van der Waals surface area contributed by atoms with Crippen molar-refractivity contribution >= 4 is 6.09 Å². The zero-order valence-corrected chi connectivity index (χ0v) is 14.1. The van der Waals surface area contributed by atoms with E-state index in [4.69, 9.17) is 4.74 Å². The minimum Gasteiger partial charge on any atom is -0.444 e. The number of hydrogen-bond acceptors (Lipinski definition) is 2. The van der Waals surface area contributed by atoms with Gasteiger partial charge in [-0.25, -0.2) is 4.79 Å². The highest BCUT2D eigenvalue weighted by atomic mass is 19.4. The van der Waals surface area contributed by atoms with Gasteiger partial charge >= 0.3 is 12.3 Å². The lowest BCUT2D eigenvalue weighted by Crippen LogP contribution is -2.53. The second kappa shape index (κ2) is 6.73. The van der Waals surface area contributed by atoms with E-state index in [0.717, 1.165) is 24.8 Å². The molecule has 0 aromatic rings. The summed E-state index contributed by atoms with van der Waals surface area (Å²) in [5.74, 6) is 0. The Morgan fingerprint density at radius 3 is 2.57 bits per heavy atom. The fraction of sp³-hybridized carbons (Fsp3) is 0.824. The van der Waals surface area contributed by atoms with Crippen molar-refractivity contribution in [3.63, 3.8) is 0 Å². The van der Waals surface area contributed by atoms with Crippen LogP contribution in [-0.2, 0) is 4.74 Å². The summed E-state index contributed by atoms with van der Waals surface area (Å²) in [6.07, 6.45) is 0.923. The SMILES string of the molecule is CC(C)(C)OC(=O)N1C2C=C(CCCC(F)(F)F)CC1CCC2. The number of fused-ring (bicyclic) bond motifs is 2. The van der Waals surface area contributed by atoms with Gasteiger partial charge in [-0.2, -0.15) is 13.2 Å². The summed E-state index contributed by atoms with van der Waals surface area (Å²) in [6, 6.07) is 0.0349. The van der Waals surface area contributed by atoms with Gasteiger partial charge < -0.3 is 4.74 Å². The van der Waals surface area contributed by atoms with Crippen LogP contribution in [0.1, 0.15) is 65.7 Å². The minimum absolute atomic E-state index is 0.0294. The van der Waals surface area contributed by atoms with Crippen LogP contribution >= 0.6 is 0 Å². The number of hydrogen-bond donors (Lipinski definition) is 0. The zero-order chi connectivity index (χ0) is 17.3. The third-order valence-electron chi connectivity index (χ3n) is 4.28. The van der Waals surface area contributed by atoms with Gasteiger partial charge in [0, 0.05) is 12.5 Å². The topological polar surface area (TPSA) is 29.5 Å². The molecule has 0 radical (unpaired) electrons. The quantitative estimate of drug-likeness (QED) is 0.664. The van der Waals surface area contributed by atoms with Crippen molar-refractivity contribution in [2.75, 3.05) is 0 Å². The van der Waals surface area contributed by atoms with Crippen LogP contribution in [0.2, 0.25) is 0 Å². The summed E-state index contributed by atoms with van der Waals surface area (Å²) in [5, 5.41) is 0. The molecule has 2 heterocycles. The molecule has 132 valence electrons. The highest BCUT2D eigenvalue weighted by molar-refractivity contribution is 5.70. The van der Waals surface area contributed by atoms with Gasteiger partial charge in [-0.05, 0) is 59.3 Å². The lowest BCUT2D eigenvalue weighted by Gasteiger charge is -2.45. The molecule has 0 spiro atoms. The molecule has 2 aliphatic rings. The van der Waals surface area contributed by atoms with E-state index >= 15 is 0 Å². The molecule has 0 N–H and O–H groups in total. The molecule has 1 saturated heterocycles. The van der Waals surface area contributed by atoms with E-state index in [9.17, 15) is 18.0 Å². The van der Waals surface area contributed by atoms with Gasteiger partial charge in [-0.15, -0.1) is 0 Å². The predicted molar refractivity (Wildman–Crippen MR) is 82.1 cm³/mol. The standard InChI is InChI=1S/C17H26F3NO2/c1-16(2,3)23-15(22)21-13-7-4-8-14(21)11-12(10-13)6-5-9-17(18,19)20/h10,13-14H,4-9,11H2,1-3H3. The lowest BCUT2D eigenvalue weighted by molar-refractivity contribution is -0.135. The molecule has 2 rings (SSSR count). The van der Waals surface area contributed by atoms with E-state index in [1.807, 2.05) is 26.8 Å². The molecule has 1 fully saturated rings. The minimum atomic E-state index is -4.09. The van der Waals surface area contributed by atoms with Crippen molar-refractivity contribution < 1.29 is 22.7 Å². The molecule has 2 atom stereocenters. The summed E-state index contributed by atoms with van der Waals surface area (Å²) in [5.41, 5.74) is 0.519. The number of amides is 1. The zero-order valence-electron chi connectivity index (χ0n) is 14.1. The molecular weight excluding hydrogens is 307 g/mol. The Morgan fingerprint density at radius 2 is 2.00 bits per heavy atom. The van der Waals surface area contributed by atoms with Crippen molar-refractivity contribution in [1.29, 1.82) is 0 Å². The van der Waals surface area contributed by atoms with Crippen LogP contribution in [0.15, 0.2) is 11.6 Å². The third kappa shape index (κ3) is 5.43. The first-order valence-corrected chi connectivity index (χ1v) is 8.33. The fourth-order valence-corrected chi connectivity index (χ4v) is 3.42. The van der Waals surface area contributed by atoms with Crippen molar-refractivity contribution in [2.24, 2.45) is 0 Å². The third-order valence-corrected chi connectivity index (χ3v) is 4.28. The number of nitrogens with zero attached hydrogens (tertiary/aromatic N) is 1. The van der Waals surface area contributed by atoms with Gasteiger partial charge in [0.25, 0.3) is 0 Å². The van der Waals surface area contributed by atoms with Crippen LogP contribution < -0.4 is 0 Å². The normalized spacial score (nSPS) is 25.1. The van der Waals surface area contributed by atoms with Gasteiger partial charge in [0.1, 0.15) is 5.60 Å². The summed E-state index contributed by atoms with van der Waals surface area (Å²) in [7, 11) is 0. The maximum Gasteiger partial charge on any atom is 0.411 e. The number of piperidine rings is 1. The number of rotatable bonds is 3. The van der Waals surface area contributed by atoms with E-state index < -0.39 is 18.2 Å². The molecule has 2 aliphatic heterocycles. The van der Waals surface area contributed by atoms with Crippen molar-refractivity contribution in [3.8, 4) is 0 Å². The lowest BCUT2D eigenvalue weighted by atomic mass is 9.84. The Labute approximate surface area is 135 Å². The Balaban J connectivity index is 2.00. The van der Waals surface area contributed by atoms with Crippen molar-refractivity contribution in [3.05, 3.63) is 11.6 Å². The van der Waals surface area contributed by atoms with Gasteiger partial charge in [0.2, 0.25) is 0 Å². The molecule has 2 unspecified atom stereocenters. The van der Waals surface area contributed by atoms with E-state index in [2.05, 4.69) is 0 Å². The summed E-state index contributed by atoms with van der Waals surface area (Å²) in [4.78, 5) is 14.2. The first-order valence-electron chi connectivity index (χ1n) is 8.33. The van der Waals surface area contributed by atoms with Crippen LogP contribution in [0.3, 0.4) is 0 Å². The second-order valence-corrected chi connectivity index (χ2v) is 7.54. The molecule has 23 heavy (non-hydrogen) atoms. The van der Waals surface area contributed by atoms with Crippen molar-refractivity contribution in [1.82, 2.24) is 4.90 Å². The summed E-state index contributed by atoms with van der Waals surface area (Å²) < 4.78 is 42.3. The highest BCUT2D eigenvalue weighted by Crippen LogP contribution is 2.36. The first kappa shape index (κ1) is 18.1. The number of halogens is 3. The highest BCUT2D eigenvalue weighted by Gasteiger charge is 2.39. The monoisotopic (exact) mass is 333 g/mol. The van der Waals surface area contributed by atoms with Crippen LogP contribution in [0, 0.1) is 0 Å². The van der Waals surface area contributed by atoms with Crippen molar-refractivity contribution in [2.45, 2.75) is 89.6 Å². The average molecular weight is 333 g/mol. The number of alkyl halides is 3. The fourth-order valence-electron chi connectivity index (χ4n) is 3.42. The molecule has 0 aromatic heterocycles. The smallest absolute Gasteiger partial charge is 0.411 e. The van der Waals surface area contributed by atoms with Crippen LogP contribution in [0.4, 0.5) is 18.0 Å². The van der Waals surface area contributed by atoms with Gasteiger partial charge in [-0.1, -0.05) is 11.6 Å². The number of carbonyl (C=O) groups is 1. The van der Waals surface area contributed by atoms with Gasteiger partial charge in [0.15, 0.2) is 0 Å². The summed E-state index contributed by atoms with van der Waals surface area (Å²) >= 11 is 0. The molecule has 1 amide bonds. The second-order valence-electron chi connectivity index (χ2n) is 7.54.